The molecule has 3 aromatic rings. The lowest BCUT2D eigenvalue weighted by atomic mass is 10.1. The molecular weight excluding hydrogens is 687 g/mol. The van der Waals surface area contributed by atoms with E-state index in [2.05, 4.69) is 27.9 Å². The van der Waals surface area contributed by atoms with Crippen LogP contribution >= 0.6 is 34.2 Å². The van der Waals surface area contributed by atoms with Gasteiger partial charge in [0.1, 0.15) is 12.2 Å². The summed E-state index contributed by atoms with van der Waals surface area (Å²) in [5.74, 6) is 0.579. The van der Waals surface area contributed by atoms with Crippen molar-refractivity contribution in [2.24, 2.45) is 0 Å². The molecule has 1 fully saturated rings. The van der Waals surface area contributed by atoms with Crippen molar-refractivity contribution in [1.82, 2.24) is 10.2 Å². The van der Waals surface area contributed by atoms with Crippen LogP contribution in [0.5, 0.6) is 23.0 Å². The lowest BCUT2D eigenvalue weighted by Gasteiger charge is -2.26. The van der Waals surface area contributed by atoms with Gasteiger partial charge in [0.2, 0.25) is 0 Å². The molecule has 0 unspecified atom stereocenters. The van der Waals surface area contributed by atoms with Crippen LogP contribution in [0.3, 0.4) is 0 Å². The lowest BCUT2D eigenvalue weighted by molar-refractivity contribution is -0.130. The molecule has 43 heavy (non-hydrogen) atoms. The molecule has 0 aromatic heterocycles. The number of hydrogen-bond donors (Lipinski definition) is 1. The fraction of sp³-hybridized carbons (Fsp3) is 0.281. The molecule has 1 N–H and O–H groups in total. The van der Waals surface area contributed by atoms with E-state index in [1.165, 1.54) is 6.08 Å². The Hall–Kier alpha value is -3.77. The third kappa shape index (κ3) is 8.20. The molecule has 0 radical (unpaired) electrons. The number of hydrogen-bond acceptors (Lipinski definition) is 7. The number of halogens is 2. The van der Waals surface area contributed by atoms with Crippen molar-refractivity contribution in [3.63, 3.8) is 0 Å². The minimum absolute atomic E-state index is 0.0680. The Morgan fingerprint density at radius 3 is 2.35 bits per heavy atom. The molecule has 4 rings (SSSR count). The van der Waals surface area contributed by atoms with E-state index in [-0.39, 0.29) is 18.7 Å². The average Bonchev–Trinajstić information content (AvgIpc) is 2.97. The summed E-state index contributed by atoms with van der Waals surface area (Å²) in [5, 5.41) is 2.88. The van der Waals surface area contributed by atoms with Crippen molar-refractivity contribution in [1.29, 1.82) is 0 Å². The van der Waals surface area contributed by atoms with Crippen LogP contribution in [0.15, 0.2) is 60.2 Å². The fourth-order valence-corrected chi connectivity index (χ4v) is 5.29. The zero-order chi connectivity index (χ0) is 30.9. The number of carbonyl (C=O) groups is 3. The maximum atomic E-state index is 13.5. The number of amides is 4. The molecule has 3 aromatic carbocycles. The lowest BCUT2D eigenvalue weighted by Crippen LogP contribution is -2.53. The molecule has 0 aliphatic carbocycles. The van der Waals surface area contributed by atoms with Gasteiger partial charge in [0.25, 0.3) is 11.8 Å². The maximum Gasteiger partial charge on any atom is 0.331 e. The van der Waals surface area contributed by atoms with Gasteiger partial charge in [-0.1, -0.05) is 36.7 Å². The van der Waals surface area contributed by atoms with Crippen molar-refractivity contribution < 1.29 is 33.3 Å². The van der Waals surface area contributed by atoms with E-state index in [4.69, 9.17) is 30.5 Å². The predicted octanol–water partition coefficient (Wildman–Crippen LogP) is 6.77. The quantitative estimate of drug-likeness (QED) is 0.118. The monoisotopic (exact) mass is 718 g/mol. The number of barbiturate groups is 1. The van der Waals surface area contributed by atoms with E-state index in [1.54, 1.807) is 36.4 Å². The highest BCUT2D eigenvalue weighted by atomic mass is 127. The van der Waals surface area contributed by atoms with Crippen LogP contribution in [0.1, 0.15) is 43.9 Å². The topological polar surface area (TPSA) is 103 Å². The molecule has 1 heterocycles. The Labute approximate surface area is 269 Å². The van der Waals surface area contributed by atoms with E-state index in [0.717, 1.165) is 16.9 Å². The first kappa shape index (κ1) is 32.2. The molecule has 11 heteroatoms. The van der Waals surface area contributed by atoms with Gasteiger partial charge in [-0.15, -0.1) is 0 Å². The maximum absolute atomic E-state index is 13.5. The molecule has 9 nitrogen and oxygen atoms in total. The number of nitrogens with zero attached hydrogens (tertiary/aromatic N) is 1. The van der Waals surface area contributed by atoms with Gasteiger partial charge >= 0.3 is 6.03 Å². The van der Waals surface area contributed by atoms with Crippen molar-refractivity contribution in [3.05, 3.63) is 85.5 Å². The van der Waals surface area contributed by atoms with Gasteiger partial charge in [0.15, 0.2) is 23.0 Å². The number of carbonyl (C=O) groups excluding carboxylic acids is 3. The minimum atomic E-state index is -0.800. The Kier molecular flexibility index (Phi) is 11.3. The van der Waals surface area contributed by atoms with E-state index in [0.29, 0.717) is 62.5 Å². The van der Waals surface area contributed by atoms with Gasteiger partial charge in [-0.3, -0.25) is 19.8 Å². The van der Waals surface area contributed by atoms with E-state index >= 15 is 0 Å². The molecule has 0 bridgehead atoms. The molecular formula is C32H32ClIN2O7. The fourth-order valence-electron chi connectivity index (χ4n) is 4.29. The molecule has 0 saturated carbocycles. The number of urea groups is 1. The SMILES string of the molecule is CCCOc1ccc(CN2C(=O)NC(=O)/C(=C\c3cc(I)c(OCc4cccc(Cl)c4)c(OCC)c3)C2=O)cc1OCC. The van der Waals surface area contributed by atoms with Gasteiger partial charge in [0, 0.05) is 5.02 Å². The third-order valence-electron chi connectivity index (χ3n) is 6.21. The molecule has 4 amide bonds. The second kappa shape index (κ2) is 15.1. The van der Waals surface area contributed by atoms with E-state index in [9.17, 15) is 14.4 Å². The number of nitrogens with one attached hydrogen (secondary N) is 1. The molecule has 1 aliphatic rings. The minimum Gasteiger partial charge on any atom is -0.490 e. The second-order valence-electron chi connectivity index (χ2n) is 9.45. The van der Waals surface area contributed by atoms with E-state index < -0.39 is 17.8 Å². The van der Waals surface area contributed by atoms with Crippen molar-refractivity contribution >= 4 is 58.1 Å². The van der Waals surface area contributed by atoms with Crippen LogP contribution in [0.4, 0.5) is 4.79 Å². The van der Waals surface area contributed by atoms with Gasteiger partial charge in [-0.05, 0) is 102 Å². The first-order valence-electron chi connectivity index (χ1n) is 13.8. The van der Waals surface area contributed by atoms with Gasteiger partial charge < -0.3 is 18.9 Å². The second-order valence-corrected chi connectivity index (χ2v) is 11.1. The number of imide groups is 2. The van der Waals surface area contributed by atoms with Gasteiger partial charge in [0.05, 0.1) is 29.9 Å². The zero-order valence-corrected chi connectivity index (χ0v) is 27.0. The standard InChI is InChI=1S/C32H32ClIN2O7/c1-4-12-42-26-11-10-20(16-27(26)40-5-2)18-36-31(38)24(30(37)35-32(36)39)14-22-15-25(34)29(28(17-22)41-6-3)43-19-21-8-7-9-23(33)13-21/h7-11,13-17H,4-6,12,18-19H2,1-3H3,(H,35,37,39)/b24-14+. The van der Waals surface area contributed by atoms with Crippen LogP contribution in [-0.2, 0) is 22.7 Å². The smallest absolute Gasteiger partial charge is 0.331 e. The Morgan fingerprint density at radius 1 is 0.860 bits per heavy atom. The summed E-state index contributed by atoms with van der Waals surface area (Å²) in [6, 6.07) is 15.3. The molecule has 226 valence electrons. The number of ether oxygens (including phenoxy) is 4. The summed E-state index contributed by atoms with van der Waals surface area (Å²) in [7, 11) is 0. The summed E-state index contributed by atoms with van der Waals surface area (Å²) in [6.07, 6.45) is 2.28. The molecule has 1 aliphatic heterocycles. The summed E-state index contributed by atoms with van der Waals surface area (Å²) in [4.78, 5) is 40.0. The Bertz CT molecular complexity index is 1540. The Balaban J connectivity index is 1.59. The van der Waals surface area contributed by atoms with Crippen LogP contribution in [0.25, 0.3) is 6.08 Å². The average molecular weight is 719 g/mol. The Morgan fingerprint density at radius 2 is 1.63 bits per heavy atom. The molecule has 1 saturated heterocycles. The highest BCUT2D eigenvalue weighted by Crippen LogP contribution is 2.36. The predicted molar refractivity (Wildman–Crippen MR) is 172 cm³/mol. The van der Waals surface area contributed by atoms with Crippen LogP contribution in [0.2, 0.25) is 5.02 Å². The van der Waals surface area contributed by atoms with Crippen LogP contribution < -0.4 is 24.3 Å². The van der Waals surface area contributed by atoms with Gasteiger partial charge in [-0.25, -0.2) is 4.79 Å². The van der Waals surface area contributed by atoms with E-state index in [1.807, 2.05) is 39.0 Å². The first-order chi connectivity index (χ1) is 20.7. The highest BCUT2D eigenvalue weighted by molar-refractivity contribution is 14.1. The zero-order valence-electron chi connectivity index (χ0n) is 24.1. The highest BCUT2D eigenvalue weighted by Gasteiger charge is 2.36. The number of benzene rings is 3. The molecule has 0 atom stereocenters. The first-order valence-corrected chi connectivity index (χ1v) is 15.3. The summed E-state index contributed by atoms with van der Waals surface area (Å²) in [5.41, 5.74) is 1.88. The molecule has 0 spiro atoms. The van der Waals surface area contributed by atoms with Crippen LogP contribution in [-0.4, -0.2) is 42.6 Å². The normalized spacial score (nSPS) is 14.1. The van der Waals surface area contributed by atoms with Crippen molar-refractivity contribution in [2.75, 3.05) is 19.8 Å². The van der Waals surface area contributed by atoms with Crippen molar-refractivity contribution in [3.8, 4) is 23.0 Å². The van der Waals surface area contributed by atoms with Crippen LogP contribution in [0, 0.1) is 3.57 Å². The third-order valence-corrected chi connectivity index (χ3v) is 7.25. The summed E-state index contributed by atoms with van der Waals surface area (Å²) < 4.78 is 24.1. The van der Waals surface area contributed by atoms with Crippen molar-refractivity contribution in [2.45, 2.75) is 40.3 Å². The summed E-state index contributed by atoms with van der Waals surface area (Å²) >= 11 is 8.22. The van der Waals surface area contributed by atoms with Gasteiger partial charge in [-0.2, -0.15) is 0 Å². The largest absolute Gasteiger partial charge is 0.490 e. The number of rotatable bonds is 13. The summed E-state index contributed by atoms with van der Waals surface area (Å²) in [6.45, 7) is 7.23.